The summed E-state index contributed by atoms with van der Waals surface area (Å²) in [7, 11) is 3.15. The van der Waals surface area contributed by atoms with Crippen molar-refractivity contribution in [1.82, 2.24) is 30.1 Å². The van der Waals surface area contributed by atoms with Gasteiger partial charge >= 0.3 is 6.03 Å². The van der Waals surface area contributed by atoms with Crippen LogP contribution in [-0.2, 0) is 16.0 Å². The van der Waals surface area contributed by atoms with Crippen LogP contribution in [0.5, 0.6) is 5.88 Å². The second-order valence-electron chi connectivity index (χ2n) is 5.58. The Morgan fingerprint density at radius 1 is 1.42 bits per heavy atom. The van der Waals surface area contributed by atoms with Crippen molar-refractivity contribution in [2.24, 2.45) is 0 Å². The van der Waals surface area contributed by atoms with Gasteiger partial charge in [-0.05, 0) is 16.5 Å². The van der Waals surface area contributed by atoms with Gasteiger partial charge in [0.1, 0.15) is 6.10 Å². The lowest BCUT2D eigenvalue weighted by Crippen LogP contribution is -2.45. The summed E-state index contributed by atoms with van der Waals surface area (Å²) in [6.45, 7) is 2.23. The molecule has 0 saturated carbocycles. The van der Waals surface area contributed by atoms with Crippen LogP contribution in [0, 0.1) is 0 Å². The molecule has 11 nitrogen and oxygen atoms in total. The second-order valence-corrected chi connectivity index (χ2v) is 5.58. The van der Waals surface area contributed by atoms with Gasteiger partial charge in [0.15, 0.2) is 5.82 Å². The average Bonchev–Trinajstić information content (AvgIpc) is 3.15. The fourth-order valence-electron chi connectivity index (χ4n) is 2.55. The maximum absolute atomic E-state index is 12.5. The van der Waals surface area contributed by atoms with Crippen LogP contribution in [0.4, 0.5) is 10.5 Å². The van der Waals surface area contributed by atoms with E-state index >= 15 is 0 Å². The number of tetrazole rings is 1. The van der Waals surface area contributed by atoms with Gasteiger partial charge in [0.2, 0.25) is 5.88 Å². The van der Waals surface area contributed by atoms with E-state index in [-0.39, 0.29) is 6.03 Å². The number of carbonyl (C=O) groups is 1. The minimum absolute atomic E-state index is 0.235. The Labute approximate surface area is 150 Å². The van der Waals surface area contributed by atoms with Crippen molar-refractivity contribution in [3.8, 4) is 5.88 Å². The number of hydrogen-bond acceptors (Lipinski definition) is 8. The van der Waals surface area contributed by atoms with E-state index in [1.807, 2.05) is 0 Å². The predicted molar refractivity (Wildman–Crippen MR) is 89.8 cm³/mol. The molecule has 3 heterocycles. The average molecular weight is 363 g/mol. The van der Waals surface area contributed by atoms with Crippen LogP contribution in [0.3, 0.4) is 0 Å². The number of carbonyl (C=O) groups excluding carboxylic acids is 1. The van der Waals surface area contributed by atoms with Crippen LogP contribution in [0.25, 0.3) is 0 Å². The second kappa shape index (κ2) is 8.54. The van der Waals surface area contributed by atoms with Gasteiger partial charge in [0.25, 0.3) is 0 Å². The fourth-order valence-corrected chi connectivity index (χ4v) is 2.55. The highest BCUT2D eigenvalue weighted by atomic mass is 16.5. The highest BCUT2D eigenvalue weighted by molar-refractivity contribution is 5.89. The Kier molecular flexibility index (Phi) is 5.92. The molecule has 0 bridgehead atoms. The number of rotatable bonds is 6. The number of aromatic nitrogens is 5. The molecule has 2 amide bonds. The highest BCUT2D eigenvalue weighted by Gasteiger charge is 2.29. The van der Waals surface area contributed by atoms with Crippen LogP contribution in [0.2, 0.25) is 0 Å². The molecule has 0 unspecified atom stereocenters. The lowest BCUT2D eigenvalue weighted by Gasteiger charge is -2.32. The fraction of sp³-hybridized carbons (Fsp3) is 0.533. The molecule has 0 spiro atoms. The summed E-state index contributed by atoms with van der Waals surface area (Å²) >= 11 is 0. The first-order valence-electron chi connectivity index (χ1n) is 8.14. The molecule has 0 aliphatic carbocycles. The first-order chi connectivity index (χ1) is 12.7. The van der Waals surface area contributed by atoms with Crippen molar-refractivity contribution in [3.63, 3.8) is 0 Å². The van der Waals surface area contributed by atoms with Crippen LogP contribution in [0.15, 0.2) is 18.3 Å². The first-order valence-corrected chi connectivity index (χ1v) is 8.14. The van der Waals surface area contributed by atoms with E-state index in [1.54, 1.807) is 35.0 Å². The quantitative estimate of drug-likeness (QED) is 0.780. The molecule has 26 heavy (non-hydrogen) atoms. The first kappa shape index (κ1) is 18.0. The van der Waals surface area contributed by atoms with Crippen molar-refractivity contribution >= 4 is 11.7 Å². The van der Waals surface area contributed by atoms with Crippen molar-refractivity contribution in [2.75, 3.05) is 45.8 Å². The Morgan fingerprint density at radius 3 is 3.04 bits per heavy atom. The molecule has 140 valence electrons. The Morgan fingerprint density at radius 2 is 2.31 bits per heavy atom. The Balaban J connectivity index is 1.62. The number of nitrogens with zero attached hydrogens (tertiary/aromatic N) is 6. The topological polar surface area (TPSA) is 117 Å². The van der Waals surface area contributed by atoms with E-state index in [0.29, 0.717) is 50.2 Å². The predicted octanol–water partition coefficient (Wildman–Crippen LogP) is 0.329. The van der Waals surface area contributed by atoms with Crippen LogP contribution < -0.4 is 10.1 Å². The Bertz CT molecular complexity index is 721. The summed E-state index contributed by atoms with van der Waals surface area (Å²) in [6, 6.07) is 3.18. The normalized spacial score (nSPS) is 17.2. The standard InChI is InChI=1S/C15H21N7O4/c1-24-7-6-22-14(18-19-20-22)12-10-21(5-8-26-12)15(23)17-11-3-4-13(25-2)16-9-11/h3-4,9,12H,5-8,10H2,1-2H3,(H,17,23)/t12-/m0/s1. The van der Waals surface area contributed by atoms with E-state index in [1.165, 1.54) is 7.11 Å². The largest absolute Gasteiger partial charge is 0.481 e. The molecule has 0 radical (unpaired) electrons. The van der Waals surface area contributed by atoms with Gasteiger partial charge in [-0.15, -0.1) is 5.10 Å². The molecule has 1 aliphatic heterocycles. The molecular weight excluding hydrogens is 342 g/mol. The maximum atomic E-state index is 12.5. The van der Waals surface area contributed by atoms with Gasteiger partial charge in [-0.3, -0.25) is 0 Å². The lowest BCUT2D eigenvalue weighted by molar-refractivity contribution is -0.0209. The lowest BCUT2D eigenvalue weighted by atomic mass is 10.2. The molecule has 1 atom stereocenters. The number of ether oxygens (including phenoxy) is 3. The molecule has 2 aromatic heterocycles. The summed E-state index contributed by atoms with van der Waals surface area (Å²) in [5.41, 5.74) is 0.587. The van der Waals surface area contributed by atoms with Crippen LogP contribution in [0.1, 0.15) is 11.9 Å². The summed E-state index contributed by atoms with van der Waals surface area (Å²) in [4.78, 5) is 18.2. The van der Waals surface area contributed by atoms with E-state index < -0.39 is 6.10 Å². The number of pyridine rings is 1. The summed E-state index contributed by atoms with van der Waals surface area (Å²) in [5.74, 6) is 1.06. The van der Waals surface area contributed by atoms with E-state index in [2.05, 4.69) is 25.8 Å². The van der Waals surface area contributed by atoms with Crippen molar-refractivity contribution in [1.29, 1.82) is 0 Å². The molecule has 0 aromatic carbocycles. The van der Waals surface area contributed by atoms with Crippen LogP contribution >= 0.6 is 0 Å². The number of morpholine rings is 1. The van der Waals surface area contributed by atoms with E-state index in [4.69, 9.17) is 14.2 Å². The number of amides is 2. The summed E-state index contributed by atoms with van der Waals surface area (Å²) in [6.07, 6.45) is 1.15. The zero-order valence-corrected chi connectivity index (χ0v) is 14.7. The number of nitrogens with one attached hydrogen (secondary N) is 1. The molecule has 3 rings (SSSR count). The monoisotopic (exact) mass is 363 g/mol. The summed E-state index contributed by atoms with van der Waals surface area (Å²) < 4.78 is 17.4. The number of anilines is 1. The molecule has 1 N–H and O–H groups in total. The zero-order chi connectivity index (χ0) is 18.4. The van der Waals surface area contributed by atoms with Gasteiger partial charge in [-0.25, -0.2) is 14.5 Å². The minimum Gasteiger partial charge on any atom is -0.481 e. The van der Waals surface area contributed by atoms with Gasteiger partial charge in [-0.2, -0.15) is 0 Å². The summed E-state index contributed by atoms with van der Waals surface area (Å²) in [5, 5.41) is 14.5. The van der Waals surface area contributed by atoms with E-state index in [9.17, 15) is 4.79 Å². The third-order valence-corrected chi connectivity index (χ3v) is 3.91. The highest BCUT2D eigenvalue weighted by Crippen LogP contribution is 2.21. The Hall–Kier alpha value is -2.79. The number of hydrogen-bond donors (Lipinski definition) is 1. The van der Waals surface area contributed by atoms with Gasteiger partial charge in [0, 0.05) is 19.7 Å². The number of methoxy groups -OCH3 is 2. The van der Waals surface area contributed by atoms with Gasteiger partial charge < -0.3 is 24.4 Å². The molecule has 11 heteroatoms. The minimum atomic E-state index is -0.393. The molecular formula is C15H21N7O4. The van der Waals surface area contributed by atoms with Crippen molar-refractivity contribution in [3.05, 3.63) is 24.2 Å². The molecule has 2 aromatic rings. The SMILES string of the molecule is COCCn1nnnc1[C@@H]1CN(C(=O)Nc2ccc(OC)nc2)CCO1. The van der Waals surface area contributed by atoms with Crippen molar-refractivity contribution in [2.45, 2.75) is 12.6 Å². The zero-order valence-electron chi connectivity index (χ0n) is 14.7. The molecule has 1 aliphatic rings. The smallest absolute Gasteiger partial charge is 0.322 e. The maximum Gasteiger partial charge on any atom is 0.322 e. The van der Waals surface area contributed by atoms with Gasteiger partial charge in [0.05, 0.1) is 45.3 Å². The van der Waals surface area contributed by atoms with Gasteiger partial charge in [-0.1, -0.05) is 0 Å². The number of urea groups is 1. The molecule has 1 saturated heterocycles. The molecule has 1 fully saturated rings. The van der Waals surface area contributed by atoms with E-state index in [0.717, 1.165) is 0 Å². The third-order valence-electron chi connectivity index (χ3n) is 3.91. The van der Waals surface area contributed by atoms with Crippen molar-refractivity contribution < 1.29 is 19.0 Å². The van der Waals surface area contributed by atoms with Crippen LogP contribution in [-0.4, -0.2) is 76.6 Å². The third kappa shape index (κ3) is 4.24.